The van der Waals surface area contributed by atoms with Crippen molar-refractivity contribution in [3.8, 4) is 0 Å². The molecular formula is C18H18N2O5S. The number of fused-ring (bicyclic) bond motifs is 1. The van der Waals surface area contributed by atoms with Gasteiger partial charge in [-0.15, -0.1) is 0 Å². The molecule has 0 aromatic heterocycles. The fourth-order valence-electron chi connectivity index (χ4n) is 3.23. The lowest BCUT2D eigenvalue weighted by Gasteiger charge is -2.31. The van der Waals surface area contributed by atoms with Crippen molar-refractivity contribution >= 4 is 27.1 Å². The van der Waals surface area contributed by atoms with E-state index in [2.05, 4.69) is 0 Å². The Morgan fingerprint density at radius 1 is 1.23 bits per heavy atom. The minimum absolute atomic E-state index is 0.00396. The second-order valence-electron chi connectivity index (χ2n) is 6.39. The summed E-state index contributed by atoms with van der Waals surface area (Å²) in [5.74, 6) is -0.436. The molecule has 2 aromatic rings. The zero-order valence-corrected chi connectivity index (χ0v) is 15.2. The number of carbonyl (C=O) groups is 1. The summed E-state index contributed by atoms with van der Waals surface area (Å²) in [5.41, 5.74) is 2.35. The molecule has 8 heteroatoms. The van der Waals surface area contributed by atoms with Crippen LogP contribution in [0.2, 0.25) is 0 Å². The summed E-state index contributed by atoms with van der Waals surface area (Å²) in [4.78, 5) is 24.9. The first-order valence-electron chi connectivity index (χ1n) is 8.08. The number of nitrogens with zero attached hydrogens (tertiary/aromatic N) is 2. The summed E-state index contributed by atoms with van der Waals surface area (Å²) in [6.45, 7) is 2.38. The number of rotatable bonds is 3. The smallest absolute Gasteiger partial charge is 0.271 e. The molecule has 136 valence electrons. The maximum atomic E-state index is 13.1. The van der Waals surface area contributed by atoms with E-state index in [1.165, 1.54) is 6.07 Å². The first kappa shape index (κ1) is 18.1. The Bertz CT molecular complexity index is 1010. The summed E-state index contributed by atoms with van der Waals surface area (Å²) in [7, 11) is -3.69. The zero-order valence-electron chi connectivity index (χ0n) is 14.4. The monoisotopic (exact) mass is 374 g/mol. The van der Waals surface area contributed by atoms with Crippen molar-refractivity contribution < 1.29 is 18.1 Å². The molecule has 0 bridgehead atoms. The quantitative estimate of drug-likeness (QED) is 0.608. The van der Waals surface area contributed by atoms with Gasteiger partial charge in [0.1, 0.15) is 0 Å². The van der Waals surface area contributed by atoms with Gasteiger partial charge < -0.3 is 4.90 Å². The van der Waals surface area contributed by atoms with Crippen molar-refractivity contribution in [1.82, 2.24) is 0 Å². The van der Waals surface area contributed by atoms with Crippen molar-refractivity contribution in [2.45, 2.75) is 24.7 Å². The summed E-state index contributed by atoms with van der Waals surface area (Å²) >= 11 is 0. The molecule has 1 aliphatic heterocycles. The number of carbonyl (C=O) groups excluding carboxylic acids is 1. The second-order valence-corrected chi connectivity index (χ2v) is 8.40. The largest absolute Gasteiger partial charge is 0.308 e. The highest BCUT2D eigenvalue weighted by Crippen LogP contribution is 2.32. The van der Waals surface area contributed by atoms with Crippen LogP contribution in [0.3, 0.4) is 0 Å². The Morgan fingerprint density at radius 3 is 2.62 bits per heavy atom. The lowest BCUT2D eigenvalue weighted by molar-refractivity contribution is -0.385. The molecule has 0 atom stereocenters. The van der Waals surface area contributed by atoms with E-state index in [0.29, 0.717) is 6.54 Å². The number of hydrogen-bond donors (Lipinski definition) is 0. The molecule has 1 amide bonds. The fraction of sp³-hybridized carbons (Fsp3) is 0.278. The van der Waals surface area contributed by atoms with Crippen molar-refractivity contribution in [1.29, 1.82) is 0 Å². The average Bonchev–Trinajstić information content (AvgIpc) is 2.59. The van der Waals surface area contributed by atoms with Crippen LogP contribution >= 0.6 is 0 Å². The minimum atomic E-state index is -3.69. The van der Waals surface area contributed by atoms with E-state index in [-0.39, 0.29) is 10.5 Å². The molecular weight excluding hydrogens is 356 g/mol. The Morgan fingerprint density at radius 2 is 1.96 bits per heavy atom. The van der Waals surface area contributed by atoms with E-state index in [1.54, 1.807) is 4.90 Å². The molecule has 0 spiro atoms. The number of nitro benzene ring substituents is 1. The number of sulfone groups is 1. The highest BCUT2D eigenvalue weighted by molar-refractivity contribution is 7.90. The molecule has 0 aliphatic carbocycles. The molecule has 0 saturated carbocycles. The van der Waals surface area contributed by atoms with Gasteiger partial charge in [0.25, 0.3) is 11.6 Å². The zero-order chi connectivity index (χ0) is 19.1. The molecule has 26 heavy (non-hydrogen) atoms. The number of para-hydroxylation sites is 1. The third-order valence-electron chi connectivity index (χ3n) is 4.44. The van der Waals surface area contributed by atoms with Crippen LogP contribution in [0.5, 0.6) is 0 Å². The van der Waals surface area contributed by atoms with Crippen LogP contribution in [0.4, 0.5) is 11.4 Å². The predicted molar refractivity (Wildman–Crippen MR) is 97.4 cm³/mol. The van der Waals surface area contributed by atoms with Gasteiger partial charge >= 0.3 is 0 Å². The summed E-state index contributed by atoms with van der Waals surface area (Å²) < 4.78 is 23.7. The normalized spacial score (nSPS) is 14.0. The van der Waals surface area contributed by atoms with Gasteiger partial charge in [0.05, 0.1) is 15.5 Å². The highest BCUT2D eigenvalue weighted by Gasteiger charge is 2.27. The maximum absolute atomic E-state index is 13.1. The maximum Gasteiger partial charge on any atom is 0.271 e. The SMILES string of the molecule is Cc1cccc2c1N(C(=O)c1cc([N+](=O)[O-])cc(S(C)(=O)=O)c1)CCC2. The molecule has 0 saturated heterocycles. The summed E-state index contributed by atoms with van der Waals surface area (Å²) in [6, 6.07) is 9.09. The molecule has 7 nitrogen and oxygen atoms in total. The lowest BCUT2D eigenvalue weighted by atomic mass is 9.97. The van der Waals surface area contributed by atoms with Crippen molar-refractivity contribution in [2.75, 3.05) is 17.7 Å². The molecule has 0 unspecified atom stereocenters. The molecule has 0 fully saturated rings. The van der Waals surface area contributed by atoms with Crippen LogP contribution in [-0.2, 0) is 16.3 Å². The first-order valence-corrected chi connectivity index (χ1v) is 9.97. The third-order valence-corrected chi connectivity index (χ3v) is 5.53. The summed E-state index contributed by atoms with van der Waals surface area (Å²) in [6.07, 6.45) is 2.58. The van der Waals surface area contributed by atoms with Crippen LogP contribution in [0.25, 0.3) is 0 Å². The molecule has 3 rings (SSSR count). The third kappa shape index (κ3) is 3.32. The Hall–Kier alpha value is -2.74. The number of nitro groups is 1. The van der Waals surface area contributed by atoms with Gasteiger partial charge in [-0.2, -0.15) is 0 Å². The van der Waals surface area contributed by atoms with Crippen molar-refractivity contribution in [3.63, 3.8) is 0 Å². The van der Waals surface area contributed by atoms with Gasteiger partial charge in [-0.05, 0) is 37.0 Å². The molecule has 2 aromatic carbocycles. The topological polar surface area (TPSA) is 97.6 Å². The van der Waals surface area contributed by atoms with Crippen LogP contribution in [0.1, 0.15) is 27.9 Å². The van der Waals surface area contributed by atoms with Gasteiger partial charge in [-0.25, -0.2) is 8.42 Å². The van der Waals surface area contributed by atoms with E-state index < -0.39 is 26.4 Å². The fourth-order valence-corrected chi connectivity index (χ4v) is 3.91. The Kier molecular flexibility index (Phi) is 4.53. The second kappa shape index (κ2) is 6.53. The van der Waals surface area contributed by atoms with E-state index in [9.17, 15) is 23.3 Å². The predicted octanol–water partition coefficient (Wildman–Crippen LogP) is 2.90. The summed E-state index contributed by atoms with van der Waals surface area (Å²) in [5, 5.41) is 11.2. The van der Waals surface area contributed by atoms with E-state index in [4.69, 9.17) is 0 Å². The van der Waals surface area contributed by atoms with Crippen LogP contribution in [-0.4, -0.2) is 32.0 Å². The molecule has 0 N–H and O–H groups in total. The number of benzene rings is 2. The molecule has 1 heterocycles. The first-order chi connectivity index (χ1) is 12.2. The van der Waals surface area contributed by atoms with Crippen LogP contribution in [0, 0.1) is 17.0 Å². The number of hydrogen-bond acceptors (Lipinski definition) is 5. The highest BCUT2D eigenvalue weighted by atomic mass is 32.2. The Labute approximate surface area is 151 Å². The van der Waals surface area contributed by atoms with Gasteiger partial charge in [-0.3, -0.25) is 14.9 Å². The lowest BCUT2D eigenvalue weighted by Crippen LogP contribution is -2.36. The minimum Gasteiger partial charge on any atom is -0.308 e. The van der Waals surface area contributed by atoms with Gasteiger partial charge in [0.2, 0.25) is 0 Å². The number of amides is 1. The van der Waals surface area contributed by atoms with E-state index in [0.717, 1.165) is 48.0 Å². The van der Waals surface area contributed by atoms with Gasteiger partial charge in [0.15, 0.2) is 9.84 Å². The average molecular weight is 374 g/mol. The van der Waals surface area contributed by atoms with Crippen molar-refractivity contribution in [3.05, 3.63) is 63.2 Å². The standard InChI is InChI=1S/C18H18N2O5S/c1-12-5-3-6-13-7-4-8-19(17(12)13)18(21)14-9-15(20(22)23)11-16(10-14)26(2,24)25/h3,5-6,9-11H,4,7-8H2,1-2H3. The number of non-ortho nitro benzene ring substituents is 1. The number of anilines is 1. The van der Waals surface area contributed by atoms with Gasteiger partial charge in [0, 0.05) is 30.5 Å². The Balaban J connectivity index is 2.12. The van der Waals surface area contributed by atoms with Gasteiger partial charge in [-0.1, -0.05) is 18.2 Å². The van der Waals surface area contributed by atoms with E-state index >= 15 is 0 Å². The molecule has 1 aliphatic rings. The molecule has 0 radical (unpaired) electrons. The van der Waals surface area contributed by atoms with Crippen LogP contribution in [0.15, 0.2) is 41.3 Å². The van der Waals surface area contributed by atoms with Crippen LogP contribution < -0.4 is 4.90 Å². The number of aryl methyl sites for hydroxylation is 2. The van der Waals surface area contributed by atoms with E-state index in [1.807, 2.05) is 25.1 Å². The van der Waals surface area contributed by atoms with Crippen molar-refractivity contribution in [2.24, 2.45) is 0 Å².